The SMILES string of the molecule is CN(Cc1cc([N+](=O)[O-])ccc1Cl)C(=O)c1ccc2c(c1)CCCC2. The van der Waals surface area contributed by atoms with Gasteiger partial charge in [-0.05, 0) is 60.6 Å². The smallest absolute Gasteiger partial charge is 0.269 e. The summed E-state index contributed by atoms with van der Waals surface area (Å²) in [5.74, 6) is -0.115. The highest BCUT2D eigenvalue weighted by Crippen LogP contribution is 2.25. The number of halogens is 1. The second-order valence-electron chi connectivity index (χ2n) is 6.38. The minimum Gasteiger partial charge on any atom is -0.337 e. The first-order chi connectivity index (χ1) is 12.0. The van der Waals surface area contributed by atoms with Gasteiger partial charge in [0.05, 0.1) is 4.92 Å². The highest BCUT2D eigenvalue weighted by Gasteiger charge is 2.18. The Hall–Kier alpha value is -2.40. The van der Waals surface area contributed by atoms with E-state index in [9.17, 15) is 14.9 Å². The fraction of sp³-hybridized carbons (Fsp3) is 0.316. The van der Waals surface area contributed by atoms with Crippen LogP contribution < -0.4 is 0 Å². The number of nitrogens with zero attached hydrogens (tertiary/aromatic N) is 2. The summed E-state index contributed by atoms with van der Waals surface area (Å²) in [5.41, 5.74) is 3.74. The summed E-state index contributed by atoms with van der Waals surface area (Å²) < 4.78 is 0. The molecule has 2 aromatic rings. The van der Waals surface area contributed by atoms with Crippen LogP contribution in [-0.4, -0.2) is 22.8 Å². The number of non-ortho nitro benzene ring substituents is 1. The van der Waals surface area contributed by atoms with E-state index >= 15 is 0 Å². The van der Waals surface area contributed by atoms with Gasteiger partial charge in [-0.25, -0.2) is 0 Å². The first-order valence-corrected chi connectivity index (χ1v) is 8.63. The van der Waals surface area contributed by atoms with E-state index in [4.69, 9.17) is 11.6 Å². The van der Waals surface area contributed by atoms with Crippen LogP contribution in [0.1, 0.15) is 39.9 Å². The van der Waals surface area contributed by atoms with Gasteiger partial charge in [0.15, 0.2) is 0 Å². The van der Waals surface area contributed by atoms with Crippen LogP contribution in [-0.2, 0) is 19.4 Å². The molecule has 1 amide bonds. The van der Waals surface area contributed by atoms with E-state index in [0.717, 1.165) is 19.3 Å². The molecule has 0 aromatic heterocycles. The van der Waals surface area contributed by atoms with E-state index in [1.165, 1.54) is 40.6 Å². The predicted molar refractivity (Wildman–Crippen MR) is 97.0 cm³/mol. The van der Waals surface area contributed by atoms with E-state index in [0.29, 0.717) is 16.1 Å². The van der Waals surface area contributed by atoms with Crippen LogP contribution in [0.2, 0.25) is 5.02 Å². The lowest BCUT2D eigenvalue weighted by Crippen LogP contribution is -2.26. The fourth-order valence-corrected chi connectivity index (χ4v) is 3.39. The van der Waals surface area contributed by atoms with Crippen molar-refractivity contribution in [2.24, 2.45) is 0 Å². The number of aryl methyl sites for hydroxylation is 2. The first kappa shape index (κ1) is 17.4. The fourth-order valence-electron chi connectivity index (χ4n) is 3.21. The number of nitro benzene ring substituents is 1. The number of carbonyl (C=O) groups is 1. The molecule has 1 aliphatic carbocycles. The molecule has 0 atom stereocenters. The molecular weight excluding hydrogens is 340 g/mol. The Morgan fingerprint density at radius 2 is 1.88 bits per heavy atom. The van der Waals surface area contributed by atoms with Crippen molar-refractivity contribution >= 4 is 23.2 Å². The van der Waals surface area contributed by atoms with Crippen molar-refractivity contribution in [1.82, 2.24) is 4.90 Å². The third-order valence-corrected chi connectivity index (χ3v) is 4.96. The Balaban J connectivity index is 1.79. The zero-order valence-electron chi connectivity index (χ0n) is 14.0. The Labute approximate surface area is 151 Å². The maximum atomic E-state index is 12.7. The molecule has 0 aliphatic heterocycles. The Kier molecular flexibility index (Phi) is 5.04. The summed E-state index contributed by atoms with van der Waals surface area (Å²) in [4.78, 5) is 24.7. The number of amides is 1. The standard InChI is InChI=1S/C19H19ClN2O3/c1-21(12-16-11-17(22(24)25)8-9-18(16)20)19(23)15-7-6-13-4-2-3-5-14(13)10-15/h6-11H,2-5,12H2,1H3. The second-order valence-corrected chi connectivity index (χ2v) is 6.79. The van der Waals surface area contributed by atoms with Gasteiger partial charge in [-0.2, -0.15) is 0 Å². The van der Waals surface area contributed by atoms with Crippen molar-refractivity contribution < 1.29 is 9.72 Å². The summed E-state index contributed by atoms with van der Waals surface area (Å²) in [6.45, 7) is 0.219. The molecule has 0 fully saturated rings. The van der Waals surface area contributed by atoms with Gasteiger partial charge in [-0.3, -0.25) is 14.9 Å². The lowest BCUT2D eigenvalue weighted by molar-refractivity contribution is -0.384. The number of carbonyl (C=O) groups excluding carboxylic acids is 1. The van der Waals surface area contributed by atoms with Gasteiger partial charge >= 0.3 is 0 Å². The van der Waals surface area contributed by atoms with E-state index < -0.39 is 4.92 Å². The highest BCUT2D eigenvalue weighted by atomic mass is 35.5. The van der Waals surface area contributed by atoms with Gasteiger partial charge in [-0.15, -0.1) is 0 Å². The Bertz CT molecular complexity index is 835. The number of nitro groups is 1. The van der Waals surface area contributed by atoms with Crippen molar-refractivity contribution in [3.8, 4) is 0 Å². The minimum atomic E-state index is -0.467. The van der Waals surface area contributed by atoms with E-state index in [1.807, 2.05) is 18.2 Å². The summed E-state index contributed by atoms with van der Waals surface area (Å²) in [7, 11) is 1.68. The van der Waals surface area contributed by atoms with Crippen molar-refractivity contribution in [3.05, 3.63) is 73.8 Å². The molecule has 25 heavy (non-hydrogen) atoms. The normalized spacial score (nSPS) is 13.2. The van der Waals surface area contributed by atoms with Gasteiger partial charge in [-0.1, -0.05) is 17.7 Å². The minimum absolute atomic E-state index is 0.0333. The van der Waals surface area contributed by atoms with Crippen molar-refractivity contribution in [2.75, 3.05) is 7.05 Å². The monoisotopic (exact) mass is 358 g/mol. The zero-order valence-corrected chi connectivity index (χ0v) is 14.8. The topological polar surface area (TPSA) is 63.4 Å². The van der Waals surface area contributed by atoms with Gasteiger partial charge < -0.3 is 4.90 Å². The number of hydrogen-bond donors (Lipinski definition) is 0. The summed E-state index contributed by atoms with van der Waals surface area (Å²) in [5, 5.41) is 11.3. The molecule has 0 N–H and O–H groups in total. The number of benzene rings is 2. The number of rotatable bonds is 4. The summed E-state index contributed by atoms with van der Waals surface area (Å²) >= 11 is 6.13. The quantitative estimate of drug-likeness (QED) is 0.601. The molecular formula is C19H19ClN2O3. The van der Waals surface area contributed by atoms with Gasteiger partial charge in [0.1, 0.15) is 0 Å². The van der Waals surface area contributed by atoms with E-state index in [1.54, 1.807) is 7.05 Å². The molecule has 0 spiro atoms. The van der Waals surface area contributed by atoms with Crippen molar-refractivity contribution in [2.45, 2.75) is 32.2 Å². The van der Waals surface area contributed by atoms with Crippen molar-refractivity contribution in [1.29, 1.82) is 0 Å². The second kappa shape index (κ2) is 7.23. The lowest BCUT2D eigenvalue weighted by atomic mass is 9.90. The van der Waals surface area contributed by atoms with E-state index in [-0.39, 0.29) is 18.1 Å². The predicted octanol–water partition coefficient (Wildman–Crippen LogP) is 4.40. The molecule has 0 radical (unpaired) electrons. The number of fused-ring (bicyclic) bond motifs is 1. The number of hydrogen-bond acceptors (Lipinski definition) is 3. The average molecular weight is 359 g/mol. The maximum absolute atomic E-state index is 12.7. The van der Waals surface area contributed by atoms with Crippen LogP contribution in [0.4, 0.5) is 5.69 Å². The van der Waals surface area contributed by atoms with Crippen molar-refractivity contribution in [3.63, 3.8) is 0 Å². The van der Waals surface area contributed by atoms with Crippen LogP contribution >= 0.6 is 11.6 Å². The first-order valence-electron chi connectivity index (χ1n) is 8.26. The van der Waals surface area contributed by atoms with Gasteiger partial charge in [0.25, 0.3) is 11.6 Å². The van der Waals surface area contributed by atoms with Crippen LogP contribution in [0, 0.1) is 10.1 Å². The lowest BCUT2D eigenvalue weighted by Gasteiger charge is -2.20. The van der Waals surface area contributed by atoms with Crippen LogP contribution in [0.15, 0.2) is 36.4 Å². The Morgan fingerprint density at radius 1 is 1.16 bits per heavy atom. The molecule has 1 aliphatic rings. The van der Waals surface area contributed by atoms with Crippen LogP contribution in [0.25, 0.3) is 0 Å². The molecule has 0 saturated heterocycles. The molecule has 3 rings (SSSR count). The molecule has 0 unspecified atom stereocenters. The van der Waals surface area contributed by atoms with E-state index in [2.05, 4.69) is 0 Å². The van der Waals surface area contributed by atoms with Gasteiger partial charge in [0.2, 0.25) is 0 Å². The zero-order chi connectivity index (χ0) is 18.0. The molecule has 5 nitrogen and oxygen atoms in total. The Morgan fingerprint density at radius 3 is 2.60 bits per heavy atom. The van der Waals surface area contributed by atoms with Crippen LogP contribution in [0.3, 0.4) is 0 Å². The summed E-state index contributed by atoms with van der Waals surface area (Å²) in [6, 6.07) is 10.1. The highest BCUT2D eigenvalue weighted by molar-refractivity contribution is 6.31. The third-order valence-electron chi connectivity index (χ3n) is 4.59. The molecule has 6 heteroatoms. The summed E-state index contributed by atoms with van der Waals surface area (Å²) in [6.07, 6.45) is 4.44. The third kappa shape index (κ3) is 3.82. The molecule has 0 heterocycles. The van der Waals surface area contributed by atoms with Crippen LogP contribution in [0.5, 0.6) is 0 Å². The molecule has 2 aromatic carbocycles. The molecule has 130 valence electrons. The molecule has 0 saturated carbocycles. The average Bonchev–Trinajstić information content (AvgIpc) is 2.62. The van der Waals surface area contributed by atoms with Gasteiger partial charge in [0, 0.05) is 36.3 Å². The maximum Gasteiger partial charge on any atom is 0.269 e. The largest absolute Gasteiger partial charge is 0.337 e. The molecule has 0 bridgehead atoms.